The lowest BCUT2D eigenvalue weighted by Crippen LogP contribution is -2.21. The number of carbonyl (C=O) groups excluding carboxylic acids is 2. The molecule has 0 spiro atoms. The van der Waals surface area contributed by atoms with Crippen molar-refractivity contribution in [1.82, 2.24) is 0 Å². The molecule has 1 N–H and O–H groups in total. The van der Waals surface area contributed by atoms with Crippen molar-refractivity contribution in [3.05, 3.63) is 66.6 Å². The van der Waals surface area contributed by atoms with Crippen LogP contribution in [0.2, 0.25) is 0 Å². The van der Waals surface area contributed by atoms with E-state index in [1.807, 2.05) is 30.3 Å². The minimum absolute atomic E-state index is 0.0436. The van der Waals surface area contributed by atoms with E-state index in [9.17, 15) is 9.59 Å². The molecule has 0 aliphatic heterocycles. The monoisotopic (exact) mass is 381 g/mol. The lowest BCUT2D eigenvalue weighted by Gasteiger charge is -2.10. The first-order valence-electron chi connectivity index (χ1n) is 8.43. The number of methoxy groups -OCH3 is 2. The van der Waals surface area contributed by atoms with Crippen molar-refractivity contribution in [2.24, 2.45) is 0 Å². The third-order valence-corrected chi connectivity index (χ3v) is 3.90. The molecule has 2 aromatic carbocycles. The van der Waals surface area contributed by atoms with Gasteiger partial charge in [-0.2, -0.15) is 0 Å². The van der Waals surface area contributed by atoms with E-state index < -0.39 is 18.5 Å². The van der Waals surface area contributed by atoms with Crippen molar-refractivity contribution in [2.45, 2.75) is 0 Å². The van der Waals surface area contributed by atoms with Crippen LogP contribution in [-0.4, -0.2) is 32.7 Å². The van der Waals surface area contributed by atoms with Crippen molar-refractivity contribution in [2.75, 3.05) is 26.1 Å². The highest BCUT2D eigenvalue weighted by molar-refractivity contribution is 5.97. The van der Waals surface area contributed by atoms with Gasteiger partial charge < -0.3 is 23.9 Å². The van der Waals surface area contributed by atoms with Crippen LogP contribution in [0.5, 0.6) is 11.5 Å². The number of ether oxygens (including phenoxy) is 3. The second kappa shape index (κ2) is 8.77. The Hall–Kier alpha value is -3.74. The molecule has 0 fully saturated rings. The van der Waals surface area contributed by atoms with Crippen LogP contribution in [-0.2, 0) is 9.53 Å². The Morgan fingerprint density at radius 3 is 2.29 bits per heavy atom. The summed E-state index contributed by atoms with van der Waals surface area (Å²) in [4.78, 5) is 24.5. The van der Waals surface area contributed by atoms with Crippen molar-refractivity contribution < 1.29 is 28.2 Å². The van der Waals surface area contributed by atoms with Crippen molar-refractivity contribution in [1.29, 1.82) is 0 Å². The van der Waals surface area contributed by atoms with E-state index in [1.54, 1.807) is 24.3 Å². The highest BCUT2D eigenvalue weighted by atomic mass is 16.5. The fraction of sp³-hybridized carbons (Fsp3) is 0.143. The van der Waals surface area contributed by atoms with Crippen LogP contribution >= 0.6 is 0 Å². The minimum Gasteiger partial charge on any atom is -0.497 e. The zero-order chi connectivity index (χ0) is 19.9. The Morgan fingerprint density at radius 1 is 0.964 bits per heavy atom. The number of amides is 1. The van der Waals surface area contributed by atoms with Crippen LogP contribution in [0.15, 0.2) is 65.3 Å². The highest BCUT2D eigenvalue weighted by Gasteiger charge is 2.19. The van der Waals surface area contributed by atoms with Crippen molar-refractivity contribution >= 4 is 17.6 Å². The summed E-state index contributed by atoms with van der Waals surface area (Å²) in [5.41, 5.74) is 1.87. The number of nitrogens with one attached hydrogen (secondary N) is 1. The van der Waals surface area contributed by atoms with Crippen LogP contribution in [0, 0.1) is 0 Å². The molecule has 0 radical (unpaired) electrons. The van der Waals surface area contributed by atoms with Crippen LogP contribution < -0.4 is 14.8 Å². The van der Waals surface area contributed by atoms with Gasteiger partial charge in [0, 0.05) is 29.4 Å². The summed E-state index contributed by atoms with van der Waals surface area (Å²) in [7, 11) is 3.02. The van der Waals surface area contributed by atoms with Crippen LogP contribution in [0.25, 0.3) is 11.1 Å². The van der Waals surface area contributed by atoms with Gasteiger partial charge in [0.05, 0.1) is 20.5 Å². The third-order valence-electron chi connectivity index (χ3n) is 3.90. The van der Waals surface area contributed by atoms with Gasteiger partial charge in [-0.1, -0.05) is 30.3 Å². The van der Waals surface area contributed by atoms with Gasteiger partial charge in [-0.05, 0) is 11.6 Å². The van der Waals surface area contributed by atoms with Crippen molar-refractivity contribution in [3.8, 4) is 22.6 Å². The van der Waals surface area contributed by atoms with E-state index >= 15 is 0 Å². The van der Waals surface area contributed by atoms with Gasteiger partial charge in [0.25, 0.3) is 5.91 Å². The SMILES string of the molecule is COc1cc(NC(=O)COC(=O)c2occc2-c2ccccc2)cc(OC)c1. The molecule has 0 saturated carbocycles. The molecule has 3 rings (SSSR count). The van der Waals surface area contributed by atoms with Gasteiger partial charge in [0.2, 0.25) is 5.76 Å². The molecule has 1 amide bonds. The number of anilines is 1. The highest BCUT2D eigenvalue weighted by Crippen LogP contribution is 2.26. The van der Waals surface area contributed by atoms with E-state index in [0.717, 1.165) is 5.56 Å². The Kier molecular flexibility index (Phi) is 5.96. The second-order valence-corrected chi connectivity index (χ2v) is 5.76. The zero-order valence-corrected chi connectivity index (χ0v) is 15.4. The number of benzene rings is 2. The maximum Gasteiger partial charge on any atom is 0.375 e. The summed E-state index contributed by atoms with van der Waals surface area (Å²) in [5.74, 6) is -0.134. The summed E-state index contributed by atoms with van der Waals surface area (Å²) in [6, 6.07) is 15.9. The van der Waals surface area contributed by atoms with Crippen LogP contribution in [0.4, 0.5) is 5.69 Å². The standard InChI is InChI=1S/C21H19NO6/c1-25-16-10-15(11-17(12-16)26-2)22-19(23)13-28-21(24)20-18(8-9-27-20)14-6-4-3-5-7-14/h3-12H,13H2,1-2H3,(H,22,23). The quantitative estimate of drug-likeness (QED) is 0.627. The van der Waals surface area contributed by atoms with E-state index in [1.165, 1.54) is 20.5 Å². The average molecular weight is 381 g/mol. The number of carbonyl (C=O) groups is 2. The summed E-state index contributed by atoms with van der Waals surface area (Å²) in [6.07, 6.45) is 1.40. The van der Waals surface area contributed by atoms with Crippen molar-refractivity contribution in [3.63, 3.8) is 0 Å². The molecule has 0 saturated heterocycles. The van der Waals surface area contributed by atoms with Gasteiger partial charge in [-0.3, -0.25) is 4.79 Å². The third kappa shape index (κ3) is 4.50. The first kappa shape index (κ1) is 19.0. The Labute approximate surface area is 161 Å². The summed E-state index contributed by atoms with van der Waals surface area (Å²) in [6.45, 7) is -0.465. The molecule has 0 unspecified atom stereocenters. The molecule has 3 aromatic rings. The molecule has 0 bridgehead atoms. The largest absolute Gasteiger partial charge is 0.497 e. The molecule has 144 valence electrons. The number of hydrogen-bond acceptors (Lipinski definition) is 6. The topological polar surface area (TPSA) is 87.0 Å². The summed E-state index contributed by atoms with van der Waals surface area (Å²) >= 11 is 0. The summed E-state index contributed by atoms with van der Waals surface area (Å²) < 4.78 is 20.6. The van der Waals surface area contributed by atoms with E-state index in [0.29, 0.717) is 22.7 Å². The molecule has 1 aromatic heterocycles. The number of esters is 1. The zero-order valence-electron chi connectivity index (χ0n) is 15.4. The fourth-order valence-electron chi connectivity index (χ4n) is 2.59. The van der Waals surface area contributed by atoms with Gasteiger partial charge in [-0.15, -0.1) is 0 Å². The van der Waals surface area contributed by atoms with Gasteiger partial charge in [0.15, 0.2) is 6.61 Å². The van der Waals surface area contributed by atoms with E-state index in [2.05, 4.69) is 5.32 Å². The molecule has 7 heteroatoms. The van der Waals surface area contributed by atoms with E-state index in [4.69, 9.17) is 18.6 Å². The molecule has 7 nitrogen and oxygen atoms in total. The Morgan fingerprint density at radius 2 is 1.64 bits per heavy atom. The molecule has 0 aliphatic carbocycles. The van der Waals surface area contributed by atoms with Gasteiger partial charge >= 0.3 is 5.97 Å². The first-order valence-corrected chi connectivity index (χ1v) is 8.43. The molecule has 1 heterocycles. The number of rotatable bonds is 7. The molecular formula is C21H19NO6. The molecule has 0 atom stereocenters. The minimum atomic E-state index is -0.720. The lowest BCUT2D eigenvalue weighted by atomic mass is 10.1. The fourth-order valence-corrected chi connectivity index (χ4v) is 2.59. The predicted molar refractivity (Wildman–Crippen MR) is 103 cm³/mol. The molecular weight excluding hydrogens is 362 g/mol. The summed E-state index contributed by atoms with van der Waals surface area (Å²) in [5, 5.41) is 2.63. The first-order chi connectivity index (χ1) is 13.6. The predicted octanol–water partition coefficient (Wildman–Crippen LogP) is 3.76. The second-order valence-electron chi connectivity index (χ2n) is 5.76. The molecule has 0 aliphatic rings. The smallest absolute Gasteiger partial charge is 0.375 e. The van der Waals surface area contributed by atoms with Gasteiger partial charge in [-0.25, -0.2) is 4.79 Å². The Balaban J connectivity index is 1.63. The molecule has 28 heavy (non-hydrogen) atoms. The van der Waals surface area contributed by atoms with Crippen LogP contribution in [0.1, 0.15) is 10.6 Å². The number of hydrogen-bond donors (Lipinski definition) is 1. The van der Waals surface area contributed by atoms with E-state index in [-0.39, 0.29) is 5.76 Å². The average Bonchev–Trinajstić information content (AvgIpc) is 3.22. The normalized spacial score (nSPS) is 10.2. The maximum atomic E-state index is 12.3. The lowest BCUT2D eigenvalue weighted by molar-refractivity contribution is -0.119. The van der Waals surface area contributed by atoms with Gasteiger partial charge in [0.1, 0.15) is 11.5 Å². The number of furan rings is 1. The Bertz CT molecular complexity index is 942. The maximum absolute atomic E-state index is 12.3. The van der Waals surface area contributed by atoms with Crippen LogP contribution in [0.3, 0.4) is 0 Å².